The highest BCUT2D eigenvalue weighted by Crippen LogP contribution is 2.13. The molecule has 15 heavy (non-hydrogen) atoms. The van der Waals surface area contributed by atoms with Crippen molar-refractivity contribution in [2.24, 2.45) is 0 Å². The first-order chi connectivity index (χ1) is 7.03. The van der Waals surface area contributed by atoms with Gasteiger partial charge in [-0.2, -0.15) is 0 Å². The summed E-state index contributed by atoms with van der Waals surface area (Å²) in [6, 6.07) is 0.565. The van der Waals surface area contributed by atoms with Crippen LogP contribution in [0.25, 0.3) is 0 Å². The fraction of sp³-hybridized carbons (Fsp3) is 1.00. The molecule has 1 N–H and O–H groups in total. The number of hydrogen-bond donors (Lipinski definition) is 1. The fourth-order valence-electron chi connectivity index (χ4n) is 1.68. The van der Waals surface area contributed by atoms with Gasteiger partial charge in [-0.1, -0.05) is 0 Å². The van der Waals surface area contributed by atoms with Crippen LogP contribution in [0.2, 0.25) is 0 Å². The number of methoxy groups -OCH3 is 1. The van der Waals surface area contributed by atoms with E-state index in [1.807, 2.05) is 0 Å². The van der Waals surface area contributed by atoms with E-state index in [4.69, 9.17) is 4.74 Å². The van der Waals surface area contributed by atoms with E-state index < -0.39 is 10.8 Å². The molecule has 3 nitrogen and oxygen atoms in total. The number of rotatable bonds is 5. The van der Waals surface area contributed by atoms with Crippen molar-refractivity contribution in [3.63, 3.8) is 0 Å². The molecule has 1 rings (SSSR count). The normalized spacial score (nSPS) is 27.9. The average molecular weight is 233 g/mol. The van der Waals surface area contributed by atoms with Gasteiger partial charge in [-0.05, 0) is 39.7 Å². The predicted molar refractivity (Wildman–Crippen MR) is 64.6 cm³/mol. The molecule has 0 spiro atoms. The zero-order chi connectivity index (χ0) is 11.3. The maximum Gasteiger partial charge on any atom is 0.0634 e. The first-order valence-corrected chi connectivity index (χ1v) is 7.16. The van der Waals surface area contributed by atoms with Gasteiger partial charge < -0.3 is 10.1 Å². The highest BCUT2D eigenvalue weighted by atomic mass is 32.2. The summed E-state index contributed by atoms with van der Waals surface area (Å²) in [7, 11) is 1.20. The lowest BCUT2D eigenvalue weighted by Crippen LogP contribution is -2.38. The van der Waals surface area contributed by atoms with E-state index in [2.05, 4.69) is 19.2 Å². The van der Waals surface area contributed by atoms with Crippen LogP contribution in [0.15, 0.2) is 0 Å². The van der Waals surface area contributed by atoms with Gasteiger partial charge in [0.25, 0.3) is 0 Å². The Kier molecular flexibility index (Phi) is 5.23. The molecule has 0 amide bonds. The summed E-state index contributed by atoms with van der Waals surface area (Å²) >= 11 is 0. The summed E-state index contributed by atoms with van der Waals surface area (Å²) in [4.78, 5) is 0. The molecule has 0 unspecified atom stereocenters. The third-order valence-electron chi connectivity index (χ3n) is 3.10. The molecule has 0 saturated carbocycles. The standard InChI is InChI=1S/C11H23NO2S/c1-11(2,14-3)6-7-12-10-4-8-15(13)9-5-10/h10,12H,4-9H2,1-3H3. The van der Waals surface area contributed by atoms with Crippen molar-refractivity contribution in [1.29, 1.82) is 0 Å². The second-order valence-corrected chi connectivity index (χ2v) is 6.49. The Morgan fingerprint density at radius 2 is 2.00 bits per heavy atom. The van der Waals surface area contributed by atoms with Gasteiger partial charge in [-0.3, -0.25) is 4.21 Å². The molecular formula is C11H23NO2S. The topological polar surface area (TPSA) is 38.3 Å². The van der Waals surface area contributed by atoms with E-state index >= 15 is 0 Å². The first-order valence-electron chi connectivity index (χ1n) is 5.67. The highest BCUT2D eigenvalue weighted by Gasteiger charge is 2.19. The van der Waals surface area contributed by atoms with Gasteiger partial charge in [0.05, 0.1) is 5.60 Å². The van der Waals surface area contributed by atoms with Crippen LogP contribution in [0.4, 0.5) is 0 Å². The minimum Gasteiger partial charge on any atom is -0.379 e. The third kappa shape index (κ3) is 5.09. The zero-order valence-electron chi connectivity index (χ0n) is 10.0. The number of ether oxygens (including phenoxy) is 1. The van der Waals surface area contributed by atoms with Crippen LogP contribution in [-0.2, 0) is 15.5 Å². The monoisotopic (exact) mass is 233 g/mol. The van der Waals surface area contributed by atoms with Gasteiger partial charge >= 0.3 is 0 Å². The lowest BCUT2D eigenvalue weighted by Gasteiger charge is -2.26. The van der Waals surface area contributed by atoms with E-state index in [1.54, 1.807) is 7.11 Å². The van der Waals surface area contributed by atoms with Crippen LogP contribution in [-0.4, -0.2) is 41.0 Å². The van der Waals surface area contributed by atoms with Crippen LogP contribution in [0.1, 0.15) is 33.1 Å². The molecule has 0 aromatic heterocycles. The second kappa shape index (κ2) is 5.97. The maximum absolute atomic E-state index is 11.2. The third-order valence-corrected chi connectivity index (χ3v) is 4.48. The van der Waals surface area contributed by atoms with Gasteiger partial charge in [0.1, 0.15) is 0 Å². The maximum atomic E-state index is 11.2. The molecule has 1 saturated heterocycles. The van der Waals surface area contributed by atoms with Crippen molar-refractivity contribution < 1.29 is 8.95 Å². The number of nitrogens with one attached hydrogen (secondary N) is 1. The lowest BCUT2D eigenvalue weighted by molar-refractivity contribution is 0.0153. The van der Waals surface area contributed by atoms with Crippen molar-refractivity contribution in [2.75, 3.05) is 25.2 Å². The summed E-state index contributed by atoms with van der Waals surface area (Å²) < 4.78 is 16.5. The Hall–Kier alpha value is 0.0700. The Bertz CT molecular complexity index is 209. The summed E-state index contributed by atoms with van der Waals surface area (Å²) in [5.41, 5.74) is -0.0372. The average Bonchev–Trinajstić information content (AvgIpc) is 2.21. The Morgan fingerprint density at radius 3 is 2.53 bits per heavy atom. The molecule has 1 fully saturated rings. The fourth-order valence-corrected chi connectivity index (χ4v) is 2.98. The Morgan fingerprint density at radius 1 is 1.40 bits per heavy atom. The molecule has 0 aliphatic carbocycles. The molecular weight excluding hydrogens is 210 g/mol. The van der Waals surface area contributed by atoms with Crippen LogP contribution in [0.5, 0.6) is 0 Å². The molecule has 90 valence electrons. The van der Waals surface area contributed by atoms with Gasteiger partial charge in [-0.25, -0.2) is 0 Å². The van der Waals surface area contributed by atoms with Gasteiger partial charge in [0, 0.05) is 35.5 Å². The quantitative estimate of drug-likeness (QED) is 0.778. The van der Waals surface area contributed by atoms with Gasteiger partial charge in [0.15, 0.2) is 0 Å². The van der Waals surface area contributed by atoms with Crippen LogP contribution < -0.4 is 5.32 Å². The molecule has 0 aromatic carbocycles. The van der Waals surface area contributed by atoms with Gasteiger partial charge in [-0.15, -0.1) is 0 Å². The molecule has 0 bridgehead atoms. The van der Waals surface area contributed by atoms with Crippen LogP contribution in [0, 0.1) is 0 Å². The Balaban J connectivity index is 2.13. The van der Waals surface area contributed by atoms with Crippen molar-refractivity contribution in [1.82, 2.24) is 5.32 Å². The van der Waals surface area contributed by atoms with Crippen molar-refractivity contribution in [3.8, 4) is 0 Å². The molecule has 0 atom stereocenters. The molecule has 1 heterocycles. The number of hydrogen-bond acceptors (Lipinski definition) is 3. The SMILES string of the molecule is COC(C)(C)CCNC1CCS(=O)CC1. The minimum atomic E-state index is -0.550. The molecule has 4 heteroatoms. The van der Waals surface area contributed by atoms with Crippen LogP contribution >= 0.6 is 0 Å². The summed E-state index contributed by atoms with van der Waals surface area (Å²) in [6.45, 7) is 5.19. The minimum absolute atomic E-state index is 0.0372. The highest BCUT2D eigenvalue weighted by molar-refractivity contribution is 7.85. The van der Waals surface area contributed by atoms with Crippen LogP contribution in [0.3, 0.4) is 0 Å². The lowest BCUT2D eigenvalue weighted by atomic mass is 10.0. The smallest absolute Gasteiger partial charge is 0.0634 e. The predicted octanol–water partition coefficient (Wildman–Crippen LogP) is 1.30. The van der Waals surface area contributed by atoms with E-state index in [-0.39, 0.29) is 5.60 Å². The molecule has 0 aromatic rings. The first kappa shape index (κ1) is 13.1. The van der Waals surface area contributed by atoms with E-state index in [0.29, 0.717) is 6.04 Å². The molecule has 1 aliphatic rings. The second-order valence-electron chi connectivity index (χ2n) is 4.79. The Labute approximate surface area is 95.4 Å². The summed E-state index contributed by atoms with van der Waals surface area (Å²) in [5, 5.41) is 3.52. The molecule has 1 aliphatic heterocycles. The molecule has 0 radical (unpaired) electrons. The van der Waals surface area contributed by atoms with E-state index in [0.717, 1.165) is 37.3 Å². The van der Waals surface area contributed by atoms with E-state index in [9.17, 15) is 4.21 Å². The zero-order valence-corrected chi connectivity index (χ0v) is 10.9. The van der Waals surface area contributed by atoms with Gasteiger partial charge in [0.2, 0.25) is 0 Å². The largest absolute Gasteiger partial charge is 0.379 e. The van der Waals surface area contributed by atoms with Crippen molar-refractivity contribution in [3.05, 3.63) is 0 Å². The summed E-state index contributed by atoms with van der Waals surface area (Å²) in [6.07, 6.45) is 3.13. The van der Waals surface area contributed by atoms with Crippen molar-refractivity contribution >= 4 is 10.8 Å². The summed E-state index contributed by atoms with van der Waals surface area (Å²) in [5.74, 6) is 1.73. The van der Waals surface area contributed by atoms with Crippen molar-refractivity contribution in [2.45, 2.75) is 44.8 Å². The van der Waals surface area contributed by atoms with E-state index in [1.165, 1.54) is 0 Å².